The standard InChI is InChI=1S/C14H28N2O3/c1-10(18)7-13(2,3)8-15-12(19)16-14(4,9-17)11-5-6-11/h10-11,17-18H,5-9H2,1-4H3,(H2,15,16,19). The molecule has 1 saturated carbocycles. The zero-order valence-corrected chi connectivity index (χ0v) is 12.5. The minimum atomic E-state index is -0.515. The minimum Gasteiger partial charge on any atom is -0.394 e. The van der Waals surface area contributed by atoms with E-state index in [1.54, 1.807) is 6.92 Å². The van der Waals surface area contributed by atoms with E-state index in [4.69, 9.17) is 0 Å². The van der Waals surface area contributed by atoms with Crippen LogP contribution in [0.5, 0.6) is 0 Å². The van der Waals surface area contributed by atoms with Gasteiger partial charge in [-0.25, -0.2) is 4.79 Å². The summed E-state index contributed by atoms with van der Waals surface area (Å²) < 4.78 is 0. The molecule has 112 valence electrons. The molecule has 0 aliphatic heterocycles. The first-order valence-electron chi connectivity index (χ1n) is 7.03. The third-order valence-electron chi connectivity index (χ3n) is 3.78. The first-order chi connectivity index (χ1) is 8.68. The lowest BCUT2D eigenvalue weighted by molar-refractivity contribution is 0.126. The van der Waals surface area contributed by atoms with Gasteiger partial charge in [-0.1, -0.05) is 13.8 Å². The molecule has 1 aliphatic rings. The molecule has 0 aromatic rings. The summed E-state index contributed by atoms with van der Waals surface area (Å²) in [5.74, 6) is 0.383. The fourth-order valence-electron chi connectivity index (χ4n) is 2.49. The van der Waals surface area contributed by atoms with E-state index in [2.05, 4.69) is 10.6 Å². The van der Waals surface area contributed by atoms with Crippen LogP contribution in [-0.4, -0.2) is 41.0 Å². The van der Waals surface area contributed by atoms with Gasteiger partial charge in [-0.3, -0.25) is 0 Å². The van der Waals surface area contributed by atoms with Gasteiger partial charge in [-0.2, -0.15) is 0 Å². The van der Waals surface area contributed by atoms with E-state index < -0.39 is 5.54 Å². The highest BCUT2D eigenvalue weighted by Crippen LogP contribution is 2.39. The van der Waals surface area contributed by atoms with Crippen LogP contribution in [0.3, 0.4) is 0 Å². The molecular formula is C14H28N2O3. The molecule has 1 rings (SSSR count). The molecule has 2 atom stereocenters. The molecule has 2 amide bonds. The van der Waals surface area contributed by atoms with E-state index in [0.717, 1.165) is 12.8 Å². The number of aliphatic hydroxyl groups is 2. The number of hydrogen-bond donors (Lipinski definition) is 4. The molecule has 1 aliphatic carbocycles. The number of amides is 2. The van der Waals surface area contributed by atoms with Gasteiger partial charge in [0.05, 0.1) is 18.2 Å². The van der Waals surface area contributed by atoms with E-state index in [1.165, 1.54) is 0 Å². The molecule has 1 fully saturated rings. The summed E-state index contributed by atoms with van der Waals surface area (Å²) in [7, 11) is 0. The SMILES string of the molecule is CC(O)CC(C)(C)CNC(=O)NC(C)(CO)C1CC1. The topological polar surface area (TPSA) is 81.6 Å². The molecule has 0 aromatic carbocycles. The third-order valence-corrected chi connectivity index (χ3v) is 3.78. The summed E-state index contributed by atoms with van der Waals surface area (Å²) in [6.07, 6.45) is 2.37. The Hall–Kier alpha value is -0.810. The van der Waals surface area contributed by atoms with Crippen LogP contribution in [0.25, 0.3) is 0 Å². The number of hydrogen-bond acceptors (Lipinski definition) is 3. The average Bonchev–Trinajstić information content (AvgIpc) is 3.08. The monoisotopic (exact) mass is 272 g/mol. The summed E-state index contributed by atoms with van der Waals surface area (Å²) in [5.41, 5.74) is -0.667. The lowest BCUT2D eigenvalue weighted by Crippen LogP contribution is -2.55. The highest BCUT2D eigenvalue weighted by molar-refractivity contribution is 5.74. The van der Waals surface area contributed by atoms with Gasteiger partial charge in [0.25, 0.3) is 0 Å². The molecule has 19 heavy (non-hydrogen) atoms. The third kappa shape index (κ3) is 5.37. The van der Waals surface area contributed by atoms with E-state index in [1.807, 2.05) is 20.8 Å². The van der Waals surface area contributed by atoms with Crippen molar-refractivity contribution in [1.29, 1.82) is 0 Å². The lowest BCUT2D eigenvalue weighted by Gasteiger charge is -2.31. The quantitative estimate of drug-likeness (QED) is 0.563. The second-order valence-corrected chi connectivity index (χ2v) is 6.87. The zero-order valence-electron chi connectivity index (χ0n) is 12.5. The Morgan fingerprint density at radius 3 is 2.37 bits per heavy atom. The van der Waals surface area contributed by atoms with Crippen LogP contribution in [-0.2, 0) is 0 Å². The molecule has 0 saturated heterocycles. The molecular weight excluding hydrogens is 244 g/mol. The minimum absolute atomic E-state index is 0.0395. The van der Waals surface area contributed by atoms with Gasteiger partial charge in [-0.05, 0) is 44.4 Å². The van der Waals surface area contributed by atoms with Crippen molar-refractivity contribution < 1.29 is 15.0 Å². The Morgan fingerprint density at radius 1 is 1.37 bits per heavy atom. The van der Waals surface area contributed by atoms with Gasteiger partial charge in [0, 0.05) is 6.54 Å². The molecule has 5 nitrogen and oxygen atoms in total. The average molecular weight is 272 g/mol. The van der Waals surface area contributed by atoms with Crippen LogP contribution in [0.1, 0.15) is 47.0 Å². The molecule has 0 heterocycles. The van der Waals surface area contributed by atoms with Crippen LogP contribution in [0.2, 0.25) is 0 Å². The van der Waals surface area contributed by atoms with Crippen molar-refractivity contribution in [2.45, 2.75) is 58.6 Å². The van der Waals surface area contributed by atoms with E-state index in [9.17, 15) is 15.0 Å². The van der Waals surface area contributed by atoms with E-state index in [-0.39, 0.29) is 24.2 Å². The summed E-state index contributed by atoms with van der Waals surface area (Å²) in [5, 5.41) is 24.5. The molecule has 2 unspecified atom stereocenters. The smallest absolute Gasteiger partial charge is 0.315 e. The van der Waals surface area contributed by atoms with Crippen LogP contribution >= 0.6 is 0 Å². The predicted octanol–water partition coefficient (Wildman–Crippen LogP) is 1.24. The molecule has 0 radical (unpaired) electrons. The Morgan fingerprint density at radius 2 is 1.95 bits per heavy atom. The first kappa shape index (κ1) is 16.2. The Bertz CT molecular complexity index is 314. The highest BCUT2D eigenvalue weighted by Gasteiger charge is 2.42. The second-order valence-electron chi connectivity index (χ2n) is 6.87. The van der Waals surface area contributed by atoms with Crippen LogP contribution < -0.4 is 10.6 Å². The molecule has 0 aromatic heterocycles. The lowest BCUT2D eigenvalue weighted by atomic mass is 9.87. The number of nitrogens with one attached hydrogen (secondary N) is 2. The summed E-state index contributed by atoms with van der Waals surface area (Å²) in [6, 6.07) is -0.248. The van der Waals surface area contributed by atoms with Gasteiger partial charge in [0.1, 0.15) is 0 Å². The van der Waals surface area contributed by atoms with Gasteiger partial charge in [-0.15, -0.1) is 0 Å². The van der Waals surface area contributed by atoms with Crippen LogP contribution in [0, 0.1) is 11.3 Å². The number of aliphatic hydroxyl groups excluding tert-OH is 2. The van der Waals surface area contributed by atoms with Gasteiger partial charge in [0.15, 0.2) is 0 Å². The van der Waals surface area contributed by atoms with Gasteiger partial charge >= 0.3 is 6.03 Å². The Balaban J connectivity index is 2.38. The molecule has 0 bridgehead atoms. The van der Waals surface area contributed by atoms with Crippen molar-refractivity contribution in [2.24, 2.45) is 11.3 Å². The fraction of sp³-hybridized carbons (Fsp3) is 0.929. The van der Waals surface area contributed by atoms with E-state index in [0.29, 0.717) is 18.9 Å². The van der Waals surface area contributed by atoms with E-state index >= 15 is 0 Å². The number of carbonyl (C=O) groups excluding carboxylic acids is 1. The molecule has 4 N–H and O–H groups in total. The van der Waals surface area contributed by atoms with Crippen molar-refractivity contribution in [1.82, 2.24) is 10.6 Å². The maximum absolute atomic E-state index is 11.9. The van der Waals surface area contributed by atoms with Gasteiger partial charge in [0.2, 0.25) is 0 Å². The first-order valence-corrected chi connectivity index (χ1v) is 7.03. The zero-order chi connectivity index (χ0) is 14.7. The molecule has 5 heteroatoms. The number of rotatable bonds is 7. The second kappa shape index (κ2) is 6.09. The number of carbonyl (C=O) groups is 1. The van der Waals surface area contributed by atoms with Crippen molar-refractivity contribution in [2.75, 3.05) is 13.2 Å². The Kier molecular flexibility index (Phi) is 5.21. The predicted molar refractivity (Wildman–Crippen MR) is 74.8 cm³/mol. The number of urea groups is 1. The fourth-order valence-corrected chi connectivity index (χ4v) is 2.49. The largest absolute Gasteiger partial charge is 0.394 e. The maximum atomic E-state index is 11.9. The normalized spacial score (nSPS) is 20.5. The van der Waals surface area contributed by atoms with Crippen LogP contribution in [0.4, 0.5) is 4.79 Å². The molecule has 0 spiro atoms. The van der Waals surface area contributed by atoms with Gasteiger partial charge < -0.3 is 20.8 Å². The highest BCUT2D eigenvalue weighted by atomic mass is 16.3. The Labute approximate surface area is 115 Å². The summed E-state index contributed by atoms with van der Waals surface area (Å²) in [6.45, 7) is 8.10. The summed E-state index contributed by atoms with van der Waals surface area (Å²) in [4.78, 5) is 11.9. The van der Waals surface area contributed by atoms with Crippen molar-refractivity contribution in [3.63, 3.8) is 0 Å². The maximum Gasteiger partial charge on any atom is 0.315 e. The van der Waals surface area contributed by atoms with Crippen molar-refractivity contribution >= 4 is 6.03 Å². The van der Waals surface area contributed by atoms with Crippen molar-refractivity contribution in [3.8, 4) is 0 Å². The van der Waals surface area contributed by atoms with Crippen molar-refractivity contribution in [3.05, 3.63) is 0 Å². The van der Waals surface area contributed by atoms with Crippen LogP contribution in [0.15, 0.2) is 0 Å². The summed E-state index contributed by atoms with van der Waals surface area (Å²) >= 11 is 0.